The monoisotopic (exact) mass is 258 g/mol. The Morgan fingerprint density at radius 2 is 2.11 bits per heavy atom. The van der Waals surface area contributed by atoms with E-state index in [9.17, 15) is 0 Å². The van der Waals surface area contributed by atoms with Crippen molar-refractivity contribution in [1.29, 1.82) is 0 Å². The van der Waals surface area contributed by atoms with E-state index in [0.717, 1.165) is 11.4 Å². The van der Waals surface area contributed by atoms with Crippen molar-refractivity contribution in [3.05, 3.63) is 52.6 Å². The van der Waals surface area contributed by atoms with Crippen molar-refractivity contribution in [3.63, 3.8) is 0 Å². The molecule has 0 bridgehead atoms. The van der Waals surface area contributed by atoms with E-state index < -0.39 is 0 Å². The Morgan fingerprint density at radius 3 is 2.79 bits per heavy atom. The lowest BCUT2D eigenvalue weighted by Crippen LogP contribution is -2.38. The van der Waals surface area contributed by atoms with Crippen LogP contribution in [0.5, 0.6) is 0 Å². The first-order valence-electron chi connectivity index (χ1n) is 6.39. The summed E-state index contributed by atoms with van der Waals surface area (Å²) >= 11 is 0. The van der Waals surface area contributed by atoms with Crippen LogP contribution in [0, 0.1) is 5.92 Å². The van der Waals surface area contributed by atoms with Gasteiger partial charge in [-0.15, -0.1) is 0 Å². The van der Waals surface area contributed by atoms with E-state index in [1.54, 1.807) is 0 Å². The average Bonchev–Trinajstić information content (AvgIpc) is 2.42. The van der Waals surface area contributed by atoms with Gasteiger partial charge in [0.25, 0.3) is 0 Å². The van der Waals surface area contributed by atoms with Gasteiger partial charge in [0.15, 0.2) is 0 Å². The predicted molar refractivity (Wildman–Crippen MR) is 75.7 cm³/mol. The number of ether oxygens (including phenoxy) is 1. The average molecular weight is 258 g/mol. The number of nitrogens with zero attached hydrogens (tertiary/aromatic N) is 3. The summed E-state index contributed by atoms with van der Waals surface area (Å²) in [5.74, 6) is 0.964. The fourth-order valence-electron chi connectivity index (χ4n) is 2.20. The van der Waals surface area contributed by atoms with Crippen molar-refractivity contribution < 1.29 is 4.74 Å². The Balaban J connectivity index is 2.00. The third-order valence-corrected chi connectivity index (χ3v) is 3.33. The molecule has 0 radical (unpaired) electrons. The highest BCUT2D eigenvalue weighted by atomic mass is 16.5. The SMILES string of the molecule is CC1=C[C@@H](N=[N+]=[N-])[C@@H](C)C(CNc2ccccc2)O1. The van der Waals surface area contributed by atoms with Gasteiger partial charge in [-0.05, 0) is 30.7 Å². The molecule has 3 atom stereocenters. The van der Waals surface area contributed by atoms with Crippen molar-refractivity contribution >= 4 is 5.69 Å². The van der Waals surface area contributed by atoms with Gasteiger partial charge in [-0.25, -0.2) is 0 Å². The number of allylic oxidation sites excluding steroid dienone is 1. The standard InChI is InChI=1S/C14H18N4O/c1-10-8-13(17-18-15)11(2)14(19-10)9-16-12-6-4-3-5-7-12/h3-8,11,13-14,16H,9H2,1-2H3/t11-,13-,14?/m1/s1. The molecule has 0 spiro atoms. The lowest BCUT2D eigenvalue weighted by Gasteiger charge is -2.33. The van der Waals surface area contributed by atoms with Crippen molar-refractivity contribution in [3.8, 4) is 0 Å². The molecule has 1 heterocycles. The van der Waals surface area contributed by atoms with Crippen molar-refractivity contribution in [1.82, 2.24) is 0 Å². The number of hydrogen-bond donors (Lipinski definition) is 1. The summed E-state index contributed by atoms with van der Waals surface area (Å²) in [7, 11) is 0. The first kappa shape index (κ1) is 13.3. The summed E-state index contributed by atoms with van der Waals surface area (Å²) in [5, 5.41) is 7.16. The minimum absolute atomic E-state index is 0.000654. The topological polar surface area (TPSA) is 70.0 Å². The number of para-hydroxylation sites is 1. The maximum Gasteiger partial charge on any atom is 0.119 e. The Hall–Kier alpha value is -2.13. The lowest BCUT2D eigenvalue weighted by molar-refractivity contribution is 0.0591. The van der Waals surface area contributed by atoms with Gasteiger partial charge in [-0.3, -0.25) is 0 Å². The molecule has 2 rings (SSSR count). The Kier molecular flexibility index (Phi) is 4.31. The number of rotatable bonds is 4. The predicted octanol–water partition coefficient (Wildman–Crippen LogP) is 3.72. The summed E-state index contributed by atoms with van der Waals surface area (Å²) in [5.41, 5.74) is 9.65. The summed E-state index contributed by atoms with van der Waals surface area (Å²) in [4.78, 5) is 2.90. The molecule has 5 nitrogen and oxygen atoms in total. The highest BCUT2D eigenvalue weighted by molar-refractivity contribution is 5.42. The zero-order chi connectivity index (χ0) is 13.7. The second-order valence-corrected chi connectivity index (χ2v) is 4.74. The largest absolute Gasteiger partial charge is 0.493 e. The van der Waals surface area contributed by atoms with Crippen molar-refractivity contribution in [2.45, 2.75) is 26.0 Å². The number of nitrogens with one attached hydrogen (secondary N) is 1. The molecular formula is C14H18N4O. The zero-order valence-electron chi connectivity index (χ0n) is 11.2. The fourth-order valence-corrected chi connectivity index (χ4v) is 2.20. The van der Waals surface area contributed by atoms with Crippen LogP contribution in [0.25, 0.3) is 10.4 Å². The summed E-state index contributed by atoms with van der Waals surface area (Å²) < 4.78 is 5.81. The molecule has 1 unspecified atom stereocenters. The number of benzene rings is 1. The van der Waals surface area contributed by atoms with Crippen LogP contribution in [0.15, 0.2) is 47.3 Å². The molecule has 1 aliphatic heterocycles. The van der Waals surface area contributed by atoms with Gasteiger partial charge in [0.05, 0.1) is 18.3 Å². The van der Waals surface area contributed by atoms with E-state index in [1.807, 2.05) is 50.3 Å². The van der Waals surface area contributed by atoms with Crippen molar-refractivity contribution in [2.75, 3.05) is 11.9 Å². The summed E-state index contributed by atoms with van der Waals surface area (Å²) in [6.07, 6.45) is 1.88. The molecule has 19 heavy (non-hydrogen) atoms. The van der Waals surface area contributed by atoms with Crippen LogP contribution in [0.4, 0.5) is 5.69 Å². The van der Waals surface area contributed by atoms with Crippen LogP contribution >= 0.6 is 0 Å². The summed E-state index contributed by atoms with van der Waals surface area (Å²) in [6.45, 7) is 4.62. The molecule has 0 saturated heterocycles. The van der Waals surface area contributed by atoms with Crippen LogP contribution in [0.3, 0.4) is 0 Å². The normalized spacial score (nSPS) is 25.8. The Morgan fingerprint density at radius 1 is 1.37 bits per heavy atom. The lowest BCUT2D eigenvalue weighted by atomic mass is 9.93. The molecule has 0 saturated carbocycles. The van der Waals surface area contributed by atoms with E-state index in [4.69, 9.17) is 10.3 Å². The van der Waals surface area contributed by atoms with Gasteiger partial charge in [0.1, 0.15) is 6.10 Å². The number of hydrogen-bond acceptors (Lipinski definition) is 3. The molecule has 0 amide bonds. The fraction of sp³-hybridized carbons (Fsp3) is 0.429. The highest BCUT2D eigenvalue weighted by Gasteiger charge is 2.29. The number of azide groups is 1. The minimum Gasteiger partial charge on any atom is -0.493 e. The Bertz CT molecular complexity index is 493. The van der Waals surface area contributed by atoms with E-state index >= 15 is 0 Å². The number of anilines is 1. The molecule has 0 fully saturated rings. The van der Waals surface area contributed by atoms with Crippen LogP contribution in [-0.4, -0.2) is 18.7 Å². The minimum atomic E-state index is -0.138. The molecule has 1 aliphatic rings. The maximum absolute atomic E-state index is 8.59. The highest BCUT2D eigenvalue weighted by Crippen LogP contribution is 2.25. The van der Waals surface area contributed by atoms with E-state index in [1.165, 1.54) is 0 Å². The molecule has 1 N–H and O–H groups in total. The summed E-state index contributed by atoms with van der Waals surface area (Å²) in [6, 6.07) is 9.85. The van der Waals surface area contributed by atoms with Gasteiger partial charge < -0.3 is 10.1 Å². The van der Waals surface area contributed by atoms with E-state index in [0.29, 0.717) is 6.54 Å². The smallest absolute Gasteiger partial charge is 0.119 e. The van der Waals surface area contributed by atoms with Gasteiger partial charge in [-0.2, -0.15) is 0 Å². The van der Waals surface area contributed by atoms with Gasteiger partial charge in [0.2, 0.25) is 0 Å². The van der Waals surface area contributed by atoms with Crippen LogP contribution in [-0.2, 0) is 4.74 Å². The van der Waals surface area contributed by atoms with Gasteiger partial charge >= 0.3 is 0 Å². The van der Waals surface area contributed by atoms with Crippen LogP contribution < -0.4 is 5.32 Å². The maximum atomic E-state index is 8.59. The molecule has 0 aromatic heterocycles. The molecule has 1 aromatic carbocycles. The third-order valence-electron chi connectivity index (χ3n) is 3.33. The van der Waals surface area contributed by atoms with Crippen molar-refractivity contribution in [2.24, 2.45) is 11.0 Å². The Labute approximate surface area is 112 Å². The van der Waals surface area contributed by atoms with Crippen LogP contribution in [0.1, 0.15) is 13.8 Å². The molecule has 1 aromatic rings. The van der Waals surface area contributed by atoms with Gasteiger partial charge in [0, 0.05) is 16.5 Å². The molecular weight excluding hydrogens is 240 g/mol. The van der Waals surface area contributed by atoms with E-state index in [2.05, 4.69) is 15.3 Å². The second-order valence-electron chi connectivity index (χ2n) is 4.74. The first-order chi connectivity index (χ1) is 9.20. The quantitative estimate of drug-likeness (QED) is 0.508. The van der Waals surface area contributed by atoms with Crippen LogP contribution in [0.2, 0.25) is 0 Å². The first-order valence-corrected chi connectivity index (χ1v) is 6.39. The second kappa shape index (κ2) is 6.16. The third kappa shape index (κ3) is 3.42. The molecule has 0 aliphatic carbocycles. The molecule has 100 valence electrons. The van der Waals surface area contributed by atoms with E-state index in [-0.39, 0.29) is 18.1 Å². The van der Waals surface area contributed by atoms with Gasteiger partial charge in [-0.1, -0.05) is 30.2 Å². The molecule has 5 heteroatoms. The zero-order valence-corrected chi connectivity index (χ0v) is 11.2.